The summed E-state index contributed by atoms with van der Waals surface area (Å²) < 4.78 is 13.3. The molecule has 31 heavy (non-hydrogen) atoms. The van der Waals surface area contributed by atoms with Crippen molar-refractivity contribution in [1.82, 2.24) is 14.5 Å². The van der Waals surface area contributed by atoms with Gasteiger partial charge in [0.1, 0.15) is 11.6 Å². The van der Waals surface area contributed by atoms with Crippen LogP contribution in [0.15, 0.2) is 42.5 Å². The molecule has 0 bridgehead atoms. The van der Waals surface area contributed by atoms with Gasteiger partial charge in [0.15, 0.2) is 6.61 Å². The molecule has 1 N–H and O–H groups in total. The topological polar surface area (TPSA) is 68.6 Å². The van der Waals surface area contributed by atoms with E-state index in [1.165, 1.54) is 0 Å². The molecule has 0 spiro atoms. The number of aromatic nitrogens is 2. The number of amides is 1. The number of rotatable bonds is 7. The number of hydrogen-bond donors (Lipinski definition) is 1. The minimum absolute atomic E-state index is 0.0379. The zero-order chi connectivity index (χ0) is 21.8. The number of nitrogens with zero attached hydrogens (tertiary/aromatic N) is 3. The van der Waals surface area contributed by atoms with E-state index in [0.29, 0.717) is 11.8 Å². The molecule has 0 unspecified atom stereocenters. The smallest absolute Gasteiger partial charge is 0.262 e. The maximum absolute atomic E-state index is 12.4. The maximum Gasteiger partial charge on any atom is 0.262 e. The predicted molar refractivity (Wildman–Crippen MR) is 122 cm³/mol. The first-order valence-electron chi connectivity index (χ1n) is 10.8. The fourth-order valence-corrected chi connectivity index (χ4v) is 3.85. The van der Waals surface area contributed by atoms with Crippen molar-refractivity contribution in [3.8, 4) is 5.75 Å². The van der Waals surface area contributed by atoms with Crippen LogP contribution in [0.25, 0.3) is 11.0 Å². The summed E-state index contributed by atoms with van der Waals surface area (Å²) in [5.74, 6) is 1.52. The molecule has 7 heteroatoms. The molecule has 0 aliphatic carbocycles. The van der Waals surface area contributed by atoms with Gasteiger partial charge in [0.05, 0.1) is 30.8 Å². The van der Waals surface area contributed by atoms with Crippen molar-refractivity contribution >= 4 is 22.6 Å². The van der Waals surface area contributed by atoms with Crippen molar-refractivity contribution in [2.75, 3.05) is 38.2 Å². The van der Waals surface area contributed by atoms with Crippen molar-refractivity contribution in [3.05, 3.63) is 53.9 Å². The lowest BCUT2D eigenvalue weighted by Crippen LogP contribution is -2.36. The Morgan fingerprint density at radius 2 is 1.90 bits per heavy atom. The lowest BCUT2D eigenvalue weighted by Gasteiger charge is -2.27. The Bertz CT molecular complexity index is 1040. The number of hydrogen-bond acceptors (Lipinski definition) is 5. The van der Waals surface area contributed by atoms with E-state index in [2.05, 4.69) is 28.6 Å². The summed E-state index contributed by atoms with van der Waals surface area (Å²) in [5.41, 5.74) is 3.83. The summed E-state index contributed by atoms with van der Waals surface area (Å²) in [7, 11) is 0. The van der Waals surface area contributed by atoms with Crippen molar-refractivity contribution in [3.63, 3.8) is 0 Å². The first-order valence-corrected chi connectivity index (χ1v) is 10.8. The second-order valence-electron chi connectivity index (χ2n) is 8.23. The summed E-state index contributed by atoms with van der Waals surface area (Å²) in [6, 6.07) is 13.8. The van der Waals surface area contributed by atoms with Gasteiger partial charge in [0.2, 0.25) is 0 Å². The van der Waals surface area contributed by atoms with Crippen molar-refractivity contribution in [1.29, 1.82) is 0 Å². The maximum atomic E-state index is 12.4. The van der Waals surface area contributed by atoms with Gasteiger partial charge in [-0.3, -0.25) is 9.69 Å². The molecule has 3 aromatic rings. The monoisotopic (exact) mass is 422 g/mol. The number of carbonyl (C=O) groups excluding carboxylic acids is 1. The van der Waals surface area contributed by atoms with Crippen LogP contribution in [-0.4, -0.2) is 53.3 Å². The van der Waals surface area contributed by atoms with Crippen molar-refractivity contribution in [2.24, 2.45) is 0 Å². The molecule has 2 heterocycles. The Kier molecular flexibility index (Phi) is 6.53. The van der Waals surface area contributed by atoms with Gasteiger partial charge >= 0.3 is 0 Å². The third-order valence-corrected chi connectivity index (χ3v) is 5.42. The molecule has 0 saturated carbocycles. The Morgan fingerprint density at radius 1 is 1.16 bits per heavy atom. The minimum Gasteiger partial charge on any atom is -0.484 e. The van der Waals surface area contributed by atoms with Crippen LogP contribution in [0.1, 0.15) is 31.3 Å². The van der Waals surface area contributed by atoms with Gasteiger partial charge in [-0.2, -0.15) is 0 Å². The van der Waals surface area contributed by atoms with Crippen molar-refractivity contribution < 1.29 is 14.3 Å². The highest BCUT2D eigenvalue weighted by Gasteiger charge is 2.18. The average molecular weight is 423 g/mol. The van der Waals surface area contributed by atoms with E-state index < -0.39 is 0 Å². The zero-order valence-electron chi connectivity index (χ0n) is 18.4. The lowest BCUT2D eigenvalue weighted by atomic mass is 10.2. The molecule has 2 aromatic carbocycles. The molecular formula is C24H30N4O3. The SMILES string of the molecule is Cc1ccc(OCC(=O)Nc2ccc3c(c2)nc(CN2CCOCC2)n3C(C)C)cc1. The minimum atomic E-state index is -0.197. The molecule has 0 radical (unpaired) electrons. The molecule has 164 valence electrons. The highest BCUT2D eigenvalue weighted by Crippen LogP contribution is 2.25. The quantitative estimate of drug-likeness (QED) is 0.628. The van der Waals surface area contributed by atoms with Crippen LogP contribution in [-0.2, 0) is 16.1 Å². The van der Waals surface area contributed by atoms with Crippen LogP contribution >= 0.6 is 0 Å². The van der Waals surface area contributed by atoms with Gasteiger partial charge in [0.25, 0.3) is 5.91 Å². The van der Waals surface area contributed by atoms with Crippen LogP contribution in [0.5, 0.6) is 5.75 Å². The van der Waals surface area contributed by atoms with E-state index in [4.69, 9.17) is 14.5 Å². The number of imidazole rings is 1. The molecule has 1 aliphatic rings. The number of aryl methyl sites for hydroxylation is 1. The predicted octanol–water partition coefficient (Wildman–Crippen LogP) is 3.78. The second kappa shape index (κ2) is 9.49. The molecule has 1 amide bonds. The molecule has 7 nitrogen and oxygen atoms in total. The first-order chi connectivity index (χ1) is 15.0. The van der Waals surface area contributed by atoms with E-state index in [-0.39, 0.29) is 12.5 Å². The van der Waals surface area contributed by atoms with E-state index >= 15 is 0 Å². The summed E-state index contributed by atoms with van der Waals surface area (Å²) >= 11 is 0. The van der Waals surface area contributed by atoms with E-state index in [1.807, 2.05) is 49.4 Å². The molecule has 4 rings (SSSR count). The number of anilines is 1. The number of benzene rings is 2. The molecule has 1 aromatic heterocycles. The largest absolute Gasteiger partial charge is 0.484 e. The van der Waals surface area contributed by atoms with Gasteiger partial charge in [-0.25, -0.2) is 4.98 Å². The van der Waals surface area contributed by atoms with Gasteiger partial charge in [-0.1, -0.05) is 17.7 Å². The van der Waals surface area contributed by atoms with E-state index in [1.54, 1.807) is 0 Å². The first kappa shape index (κ1) is 21.3. The van der Waals surface area contributed by atoms with Crippen LogP contribution in [0.4, 0.5) is 5.69 Å². The molecule has 0 atom stereocenters. The molecule has 1 saturated heterocycles. The van der Waals surface area contributed by atoms with Gasteiger partial charge in [-0.15, -0.1) is 0 Å². The fraction of sp³-hybridized carbons (Fsp3) is 0.417. The number of nitrogens with one attached hydrogen (secondary N) is 1. The van der Waals surface area contributed by atoms with Crippen LogP contribution in [0.3, 0.4) is 0 Å². The molecule has 1 aliphatic heterocycles. The van der Waals surface area contributed by atoms with E-state index in [0.717, 1.165) is 61.0 Å². The van der Waals surface area contributed by atoms with Crippen LogP contribution < -0.4 is 10.1 Å². The highest BCUT2D eigenvalue weighted by molar-refractivity contribution is 5.94. The number of morpholine rings is 1. The summed E-state index contributed by atoms with van der Waals surface area (Å²) in [6.07, 6.45) is 0. The average Bonchev–Trinajstić information content (AvgIpc) is 3.11. The molecular weight excluding hydrogens is 392 g/mol. The van der Waals surface area contributed by atoms with Crippen LogP contribution in [0.2, 0.25) is 0 Å². The number of fused-ring (bicyclic) bond motifs is 1. The Hall–Kier alpha value is -2.90. The highest BCUT2D eigenvalue weighted by atomic mass is 16.5. The number of carbonyl (C=O) groups is 1. The van der Waals surface area contributed by atoms with Crippen molar-refractivity contribution in [2.45, 2.75) is 33.4 Å². The van der Waals surface area contributed by atoms with E-state index in [9.17, 15) is 4.79 Å². The van der Waals surface area contributed by atoms with Crippen LogP contribution in [0, 0.1) is 6.92 Å². The van der Waals surface area contributed by atoms with Gasteiger partial charge in [0, 0.05) is 24.8 Å². The number of ether oxygens (including phenoxy) is 2. The zero-order valence-corrected chi connectivity index (χ0v) is 18.4. The van der Waals surface area contributed by atoms with Gasteiger partial charge < -0.3 is 19.4 Å². The Balaban J connectivity index is 1.46. The Labute approximate surface area is 183 Å². The Morgan fingerprint density at radius 3 is 2.61 bits per heavy atom. The fourth-order valence-electron chi connectivity index (χ4n) is 3.85. The summed E-state index contributed by atoms with van der Waals surface area (Å²) in [6.45, 7) is 10.5. The molecule has 1 fully saturated rings. The lowest BCUT2D eigenvalue weighted by molar-refractivity contribution is -0.118. The summed E-state index contributed by atoms with van der Waals surface area (Å²) in [4.78, 5) is 19.6. The second-order valence-corrected chi connectivity index (χ2v) is 8.23. The standard InChI is InChI=1S/C24H30N4O3/c1-17(2)28-22-9-6-19(25-24(29)16-31-20-7-4-18(3)5-8-20)14-21(22)26-23(28)15-27-10-12-30-13-11-27/h4-9,14,17H,10-13,15-16H2,1-3H3,(H,25,29). The van der Waals surface area contributed by atoms with Gasteiger partial charge in [-0.05, 0) is 51.1 Å². The summed E-state index contributed by atoms with van der Waals surface area (Å²) in [5, 5.41) is 2.91. The normalized spacial score (nSPS) is 14.8. The third kappa shape index (κ3) is 5.24. The third-order valence-electron chi connectivity index (χ3n) is 5.42.